The van der Waals surface area contributed by atoms with E-state index in [0.717, 1.165) is 18.9 Å². The van der Waals surface area contributed by atoms with E-state index in [0.29, 0.717) is 19.3 Å². The quantitative estimate of drug-likeness (QED) is 0.820. The van der Waals surface area contributed by atoms with Crippen LogP contribution in [0.1, 0.15) is 33.1 Å². The maximum Gasteiger partial charge on any atom is 0.326 e. The number of aliphatic carboxylic acids is 1. The molecule has 1 fully saturated rings. The highest BCUT2D eigenvalue weighted by Gasteiger charge is 2.31. The molecule has 2 rings (SSSR count). The number of piperidine rings is 1. The molecule has 1 aromatic heterocycles. The van der Waals surface area contributed by atoms with Crippen LogP contribution in [0.2, 0.25) is 0 Å². The zero-order valence-electron chi connectivity index (χ0n) is 13.6. The molecule has 1 amide bonds. The molecule has 1 aliphatic rings. The van der Waals surface area contributed by atoms with Gasteiger partial charge in [0.1, 0.15) is 11.9 Å². The summed E-state index contributed by atoms with van der Waals surface area (Å²) in [4.78, 5) is 34.1. The monoisotopic (exact) mass is 320 g/mol. The number of carbonyl (C=O) groups excluding carboxylic acids is 1. The van der Waals surface area contributed by atoms with Crippen molar-refractivity contribution >= 4 is 17.7 Å². The first-order chi connectivity index (χ1) is 11.0. The van der Waals surface area contributed by atoms with E-state index in [1.807, 2.05) is 13.8 Å². The molecule has 1 aliphatic heterocycles. The summed E-state index contributed by atoms with van der Waals surface area (Å²) >= 11 is 0. The second-order valence-corrected chi connectivity index (χ2v) is 6.03. The van der Waals surface area contributed by atoms with Gasteiger partial charge in [-0.2, -0.15) is 0 Å². The number of amides is 1. The van der Waals surface area contributed by atoms with E-state index in [4.69, 9.17) is 0 Å². The molecule has 126 valence electrons. The summed E-state index contributed by atoms with van der Waals surface area (Å²) in [7, 11) is 0. The average Bonchev–Trinajstić information content (AvgIpc) is 2.59. The van der Waals surface area contributed by atoms with Crippen LogP contribution in [0.4, 0.5) is 5.82 Å². The van der Waals surface area contributed by atoms with Gasteiger partial charge in [-0.3, -0.25) is 9.78 Å². The molecule has 1 saturated heterocycles. The van der Waals surface area contributed by atoms with Gasteiger partial charge in [-0.25, -0.2) is 9.78 Å². The Labute approximate surface area is 136 Å². The smallest absolute Gasteiger partial charge is 0.326 e. The lowest BCUT2D eigenvalue weighted by Gasteiger charge is -2.32. The van der Waals surface area contributed by atoms with Crippen molar-refractivity contribution in [2.75, 3.05) is 18.0 Å². The van der Waals surface area contributed by atoms with Crippen molar-refractivity contribution < 1.29 is 14.7 Å². The Morgan fingerprint density at radius 1 is 1.39 bits per heavy atom. The summed E-state index contributed by atoms with van der Waals surface area (Å²) in [6.07, 6.45) is 7.08. The molecule has 1 aromatic rings. The number of nitrogens with zero attached hydrogens (tertiary/aromatic N) is 3. The van der Waals surface area contributed by atoms with Gasteiger partial charge in [-0.15, -0.1) is 0 Å². The fourth-order valence-electron chi connectivity index (χ4n) is 2.78. The Morgan fingerprint density at radius 2 is 2.09 bits per heavy atom. The van der Waals surface area contributed by atoms with Gasteiger partial charge in [0, 0.05) is 31.4 Å². The highest BCUT2D eigenvalue weighted by Crippen LogP contribution is 2.21. The van der Waals surface area contributed by atoms with E-state index in [1.54, 1.807) is 18.6 Å². The minimum atomic E-state index is -0.968. The minimum absolute atomic E-state index is 0.0869. The summed E-state index contributed by atoms with van der Waals surface area (Å²) in [5.74, 6) is -0.541. The molecule has 0 spiro atoms. The molecule has 0 bridgehead atoms. The molecule has 0 radical (unpaired) electrons. The van der Waals surface area contributed by atoms with Gasteiger partial charge in [0.05, 0.1) is 6.20 Å². The van der Waals surface area contributed by atoms with Crippen molar-refractivity contribution in [2.45, 2.75) is 39.2 Å². The largest absolute Gasteiger partial charge is 0.480 e. The van der Waals surface area contributed by atoms with E-state index < -0.39 is 12.0 Å². The van der Waals surface area contributed by atoms with Crippen molar-refractivity contribution in [2.24, 2.45) is 11.8 Å². The van der Waals surface area contributed by atoms with E-state index in [1.165, 1.54) is 0 Å². The SMILES string of the molecule is CC[C@H](C)[C@H](NC(=O)C1CCN(c2cnccn2)CC1)C(=O)O. The molecule has 2 heterocycles. The van der Waals surface area contributed by atoms with Crippen molar-refractivity contribution in [3.05, 3.63) is 18.6 Å². The molecule has 7 nitrogen and oxygen atoms in total. The molecule has 7 heteroatoms. The Hall–Kier alpha value is -2.18. The molecule has 0 unspecified atom stereocenters. The third kappa shape index (κ3) is 4.40. The number of hydrogen-bond acceptors (Lipinski definition) is 5. The van der Waals surface area contributed by atoms with Crippen molar-refractivity contribution in [1.82, 2.24) is 15.3 Å². The lowest BCUT2D eigenvalue weighted by Crippen LogP contribution is -2.49. The molecule has 0 aromatic carbocycles. The molecule has 0 aliphatic carbocycles. The van der Waals surface area contributed by atoms with Crippen molar-refractivity contribution in [3.63, 3.8) is 0 Å². The van der Waals surface area contributed by atoms with E-state index in [2.05, 4.69) is 20.2 Å². The predicted octanol–water partition coefficient (Wildman–Crippen LogP) is 1.31. The summed E-state index contributed by atoms with van der Waals surface area (Å²) in [5, 5.41) is 12.0. The first-order valence-electron chi connectivity index (χ1n) is 8.07. The molecular formula is C16H24N4O3. The fraction of sp³-hybridized carbons (Fsp3) is 0.625. The number of rotatable bonds is 6. The van der Waals surface area contributed by atoms with Crippen LogP contribution < -0.4 is 10.2 Å². The number of carboxylic acids is 1. The average molecular weight is 320 g/mol. The predicted molar refractivity (Wildman–Crippen MR) is 86.0 cm³/mol. The second kappa shape index (κ2) is 7.89. The maximum absolute atomic E-state index is 12.4. The van der Waals surface area contributed by atoms with Crippen LogP contribution in [0.25, 0.3) is 0 Å². The zero-order chi connectivity index (χ0) is 16.8. The van der Waals surface area contributed by atoms with Crippen LogP contribution in [-0.4, -0.2) is 46.1 Å². The van der Waals surface area contributed by atoms with Gasteiger partial charge in [-0.1, -0.05) is 20.3 Å². The van der Waals surface area contributed by atoms with Crippen LogP contribution in [0.15, 0.2) is 18.6 Å². The lowest BCUT2D eigenvalue weighted by atomic mass is 9.93. The van der Waals surface area contributed by atoms with Gasteiger partial charge >= 0.3 is 5.97 Å². The topological polar surface area (TPSA) is 95.4 Å². The van der Waals surface area contributed by atoms with Gasteiger partial charge in [-0.05, 0) is 18.8 Å². The third-order valence-corrected chi connectivity index (χ3v) is 4.52. The summed E-state index contributed by atoms with van der Waals surface area (Å²) < 4.78 is 0. The maximum atomic E-state index is 12.4. The van der Waals surface area contributed by atoms with Crippen molar-refractivity contribution in [3.8, 4) is 0 Å². The number of anilines is 1. The first kappa shape index (κ1) is 17.2. The van der Waals surface area contributed by atoms with Gasteiger partial charge in [0.25, 0.3) is 0 Å². The van der Waals surface area contributed by atoms with E-state index in [9.17, 15) is 14.7 Å². The van der Waals surface area contributed by atoms with Gasteiger partial charge in [0.2, 0.25) is 5.91 Å². The molecular weight excluding hydrogens is 296 g/mol. The number of carbonyl (C=O) groups is 2. The number of aromatic nitrogens is 2. The number of nitrogens with one attached hydrogen (secondary N) is 1. The molecule has 2 atom stereocenters. The van der Waals surface area contributed by atoms with E-state index >= 15 is 0 Å². The fourth-order valence-corrected chi connectivity index (χ4v) is 2.78. The van der Waals surface area contributed by atoms with Crippen LogP contribution in [-0.2, 0) is 9.59 Å². The molecule has 0 saturated carbocycles. The minimum Gasteiger partial charge on any atom is -0.480 e. The summed E-state index contributed by atoms with van der Waals surface area (Å²) in [6, 6.07) is -0.814. The van der Waals surface area contributed by atoms with E-state index in [-0.39, 0.29) is 17.7 Å². The van der Waals surface area contributed by atoms with Crippen LogP contribution in [0.3, 0.4) is 0 Å². The third-order valence-electron chi connectivity index (χ3n) is 4.52. The first-order valence-corrected chi connectivity index (χ1v) is 8.07. The number of carboxylic acid groups (broad SMARTS) is 1. The van der Waals surface area contributed by atoms with Crippen LogP contribution >= 0.6 is 0 Å². The molecule has 23 heavy (non-hydrogen) atoms. The Morgan fingerprint density at radius 3 is 2.61 bits per heavy atom. The van der Waals surface area contributed by atoms with Gasteiger partial charge < -0.3 is 15.3 Å². The number of hydrogen-bond donors (Lipinski definition) is 2. The second-order valence-electron chi connectivity index (χ2n) is 6.03. The summed E-state index contributed by atoms with van der Waals surface area (Å²) in [6.45, 7) is 5.21. The van der Waals surface area contributed by atoms with Crippen molar-refractivity contribution in [1.29, 1.82) is 0 Å². The Kier molecular flexibility index (Phi) is 5.90. The molecule has 2 N–H and O–H groups in total. The van der Waals surface area contributed by atoms with Crippen LogP contribution in [0, 0.1) is 11.8 Å². The highest BCUT2D eigenvalue weighted by atomic mass is 16.4. The van der Waals surface area contributed by atoms with Crippen LogP contribution in [0.5, 0.6) is 0 Å². The Balaban J connectivity index is 1.89. The zero-order valence-corrected chi connectivity index (χ0v) is 13.6. The standard InChI is InChI=1S/C16H24N4O3/c1-3-11(2)14(16(22)23)19-15(21)12-4-8-20(9-5-12)13-10-17-6-7-18-13/h6-7,10-12,14H,3-5,8-9H2,1-2H3,(H,19,21)(H,22,23)/t11-,14-/m0/s1. The normalized spacial score (nSPS) is 18.3. The Bertz CT molecular complexity index is 529. The summed E-state index contributed by atoms with van der Waals surface area (Å²) in [5.41, 5.74) is 0. The van der Waals surface area contributed by atoms with Gasteiger partial charge in [0.15, 0.2) is 0 Å². The lowest BCUT2D eigenvalue weighted by molar-refractivity contribution is -0.144. The highest BCUT2D eigenvalue weighted by molar-refractivity contribution is 5.85.